The van der Waals surface area contributed by atoms with Gasteiger partial charge in [0.05, 0.1) is 18.6 Å². The fraction of sp³-hybridized carbons (Fsp3) is 0.417. The summed E-state index contributed by atoms with van der Waals surface area (Å²) in [7, 11) is 0. The highest BCUT2D eigenvalue weighted by Crippen LogP contribution is 2.10. The summed E-state index contributed by atoms with van der Waals surface area (Å²) in [6.45, 7) is 2.41. The summed E-state index contributed by atoms with van der Waals surface area (Å²) in [6, 6.07) is 11.7. The molecule has 0 aliphatic carbocycles. The Morgan fingerprint density at radius 3 is 2.67 bits per heavy atom. The maximum absolute atomic E-state index is 9.79. The van der Waals surface area contributed by atoms with Crippen LogP contribution < -0.4 is 5.32 Å². The van der Waals surface area contributed by atoms with E-state index in [-0.39, 0.29) is 6.04 Å². The molecule has 1 rings (SSSR count). The molecule has 0 aliphatic heterocycles. The molecule has 0 spiro atoms. The van der Waals surface area contributed by atoms with Crippen molar-refractivity contribution >= 4 is 0 Å². The van der Waals surface area contributed by atoms with Gasteiger partial charge < -0.3 is 10.4 Å². The van der Waals surface area contributed by atoms with E-state index in [9.17, 15) is 5.11 Å². The highest BCUT2D eigenvalue weighted by atomic mass is 16.3. The third kappa shape index (κ3) is 4.11. The lowest BCUT2D eigenvalue weighted by molar-refractivity contribution is 0.171. The van der Waals surface area contributed by atoms with Gasteiger partial charge in [-0.3, -0.25) is 0 Å². The summed E-state index contributed by atoms with van der Waals surface area (Å²) >= 11 is 0. The lowest BCUT2D eigenvalue weighted by atomic mass is 10.1. The zero-order chi connectivity index (χ0) is 11.1. The molecule has 80 valence electrons. The number of nitrogens with zero attached hydrogens (tertiary/aromatic N) is 1. The highest BCUT2D eigenvalue weighted by molar-refractivity contribution is 5.17. The molecule has 1 aromatic carbocycles. The van der Waals surface area contributed by atoms with Crippen LogP contribution in [0.15, 0.2) is 30.3 Å². The summed E-state index contributed by atoms with van der Waals surface area (Å²) in [6.07, 6.45) is -0.0473. The SMILES string of the molecule is CC(CC#N)NCC(O)c1ccccc1. The van der Waals surface area contributed by atoms with Gasteiger partial charge in [-0.2, -0.15) is 5.26 Å². The van der Waals surface area contributed by atoms with Crippen molar-refractivity contribution in [3.8, 4) is 6.07 Å². The standard InChI is InChI=1S/C12H16N2O/c1-10(7-8-13)14-9-12(15)11-5-3-2-4-6-11/h2-6,10,12,14-15H,7,9H2,1H3. The first-order chi connectivity index (χ1) is 7.24. The van der Waals surface area contributed by atoms with Crippen molar-refractivity contribution in [2.75, 3.05) is 6.54 Å². The molecule has 1 aromatic rings. The number of aliphatic hydroxyl groups excluding tert-OH is 1. The van der Waals surface area contributed by atoms with Gasteiger partial charge in [0.15, 0.2) is 0 Å². The van der Waals surface area contributed by atoms with Crippen LogP contribution in [0.3, 0.4) is 0 Å². The monoisotopic (exact) mass is 204 g/mol. The number of rotatable bonds is 5. The average molecular weight is 204 g/mol. The Kier molecular flexibility index (Phi) is 4.82. The molecule has 0 aromatic heterocycles. The van der Waals surface area contributed by atoms with E-state index in [0.717, 1.165) is 5.56 Å². The normalized spacial score (nSPS) is 14.2. The van der Waals surface area contributed by atoms with Crippen LogP contribution in [-0.2, 0) is 0 Å². The fourth-order valence-electron chi connectivity index (χ4n) is 1.31. The molecule has 0 fully saturated rings. The van der Waals surface area contributed by atoms with Crippen molar-refractivity contribution in [3.63, 3.8) is 0 Å². The molecular formula is C12H16N2O. The minimum absolute atomic E-state index is 0.119. The van der Waals surface area contributed by atoms with Gasteiger partial charge in [0.25, 0.3) is 0 Å². The van der Waals surface area contributed by atoms with E-state index in [1.54, 1.807) is 0 Å². The Bertz CT molecular complexity index is 318. The van der Waals surface area contributed by atoms with Crippen molar-refractivity contribution in [3.05, 3.63) is 35.9 Å². The molecule has 2 atom stereocenters. The van der Waals surface area contributed by atoms with Crippen LogP contribution in [0.25, 0.3) is 0 Å². The van der Waals surface area contributed by atoms with E-state index in [4.69, 9.17) is 5.26 Å². The van der Waals surface area contributed by atoms with E-state index in [0.29, 0.717) is 13.0 Å². The minimum Gasteiger partial charge on any atom is -0.387 e. The largest absolute Gasteiger partial charge is 0.387 e. The lowest BCUT2D eigenvalue weighted by Gasteiger charge is -2.15. The summed E-state index contributed by atoms with van der Waals surface area (Å²) in [4.78, 5) is 0. The molecule has 0 bridgehead atoms. The van der Waals surface area contributed by atoms with Gasteiger partial charge in [-0.1, -0.05) is 30.3 Å². The van der Waals surface area contributed by atoms with Gasteiger partial charge in [0.2, 0.25) is 0 Å². The van der Waals surface area contributed by atoms with E-state index in [1.165, 1.54) is 0 Å². The summed E-state index contributed by atoms with van der Waals surface area (Å²) in [5, 5.41) is 21.4. The summed E-state index contributed by atoms with van der Waals surface area (Å²) in [5.74, 6) is 0. The Balaban J connectivity index is 2.37. The van der Waals surface area contributed by atoms with Crippen LogP contribution in [0.1, 0.15) is 25.0 Å². The van der Waals surface area contributed by atoms with E-state index in [2.05, 4.69) is 11.4 Å². The molecular weight excluding hydrogens is 188 g/mol. The number of nitrogens with one attached hydrogen (secondary N) is 1. The van der Waals surface area contributed by atoms with Gasteiger partial charge in [-0.15, -0.1) is 0 Å². The lowest BCUT2D eigenvalue weighted by Crippen LogP contribution is -2.30. The van der Waals surface area contributed by atoms with Gasteiger partial charge in [0.1, 0.15) is 0 Å². The van der Waals surface area contributed by atoms with Crippen molar-refractivity contribution in [2.24, 2.45) is 0 Å². The van der Waals surface area contributed by atoms with Crippen LogP contribution in [0.4, 0.5) is 0 Å². The van der Waals surface area contributed by atoms with Crippen molar-refractivity contribution < 1.29 is 5.11 Å². The Labute approximate surface area is 90.4 Å². The van der Waals surface area contributed by atoms with Crippen LogP contribution >= 0.6 is 0 Å². The predicted molar refractivity (Wildman–Crippen MR) is 59.1 cm³/mol. The first kappa shape index (κ1) is 11.7. The number of hydrogen-bond acceptors (Lipinski definition) is 3. The minimum atomic E-state index is -0.507. The third-order valence-electron chi connectivity index (χ3n) is 2.24. The molecule has 0 heterocycles. The summed E-state index contributed by atoms with van der Waals surface area (Å²) in [5.41, 5.74) is 0.897. The molecule has 0 amide bonds. The van der Waals surface area contributed by atoms with Crippen LogP contribution in [0.5, 0.6) is 0 Å². The maximum Gasteiger partial charge on any atom is 0.0914 e. The van der Waals surface area contributed by atoms with Crippen LogP contribution in [0.2, 0.25) is 0 Å². The topological polar surface area (TPSA) is 56.0 Å². The zero-order valence-electron chi connectivity index (χ0n) is 8.85. The molecule has 15 heavy (non-hydrogen) atoms. The van der Waals surface area contributed by atoms with E-state index in [1.807, 2.05) is 37.3 Å². The smallest absolute Gasteiger partial charge is 0.0914 e. The maximum atomic E-state index is 9.79. The zero-order valence-corrected chi connectivity index (χ0v) is 8.85. The number of hydrogen-bond donors (Lipinski definition) is 2. The Morgan fingerprint density at radius 2 is 2.07 bits per heavy atom. The number of benzene rings is 1. The second-order valence-electron chi connectivity index (χ2n) is 3.60. The fourth-order valence-corrected chi connectivity index (χ4v) is 1.31. The van der Waals surface area contributed by atoms with Crippen molar-refractivity contribution in [2.45, 2.75) is 25.5 Å². The highest BCUT2D eigenvalue weighted by Gasteiger charge is 2.08. The first-order valence-corrected chi connectivity index (χ1v) is 5.07. The van der Waals surface area contributed by atoms with Gasteiger partial charge in [-0.25, -0.2) is 0 Å². The van der Waals surface area contributed by atoms with Gasteiger partial charge in [-0.05, 0) is 12.5 Å². The van der Waals surface area contributed by atoms with Crippen LogP contribution in [-0.4, -0.2) is 17.7 Å². The van der Waals surface area contributed by atoms with Crippen molar-refractivity contribution in [1.29, 1.82) is 5.26 Å². The second-order valence-corrected chi connectivity index (χ2v) is 3.60. The molecule has 0 aliphatic rings. The Morgan fingerprint density at radius 1 is 1.40 bits per heavy atom. The number of aliphatic hydroxyl groups is 1. The molecule has 3 nitrogen and oxygen atoms in total. The molecule has 0 radical (unpaired) electrons. The predicted octanol–water partition coefficient (Wildman–Crippen LogP) is 1.61. The average Bonchev–Trinajstić information content (AvgIpc) is 2.27. The van der Waals surface area contributed by atoms with Crippen molar-refractivity contribution in [1.82, 2.24) is 5.32 Å². The second kappa shape index (κ2) is 6.18. The van der Waals surface area contributed by atoms with E-state index < -0.39 is 6.10 Å². The van der Waals surface area contributed by atoms with Crippen LogP contribution in [0, 0.1) is 11.3 Å². The number of nitriles is 1. The van der Waals surface area contributed by atoms with E-state index >= 15 is 0 Å². The molecule has 0 saturated heterocycles. The quantitative estimate of drug-likeness (QED) is 0.766. The van der Waals surface area contributed by atoms with Gasteiger partial charge in [0, 0.05) is 12.6 Å². The Hall–Kier alpha value is -1.37. The molecule has 2 unspecified atom stereocenters. The third-order valence-corrected chi connectivity index (χ3v) is 2.24. The summed E-state index contributed by atoms with van der Waals surface area (Å²) < 4.78 is 0. The molecule has 2 N–H and O–H groups in total. The molecule has 0 saturated carbocycles. The van der Waals surface area contributed by atoms with Gasteiger partial charge >= 0.3 is 0 Å². The first-order valence-electron chi connectivity index (χ1n) is 5.07. The molecule has 3 heteroatoms.